The first-order valence-electron chi connectivity index (χ1n) is 14.5. The molecule has 4 aromatic heterocycles. The molecule has 2 atom stereocenters. The first-order valence-corrected chi connectivity index (χ1v) is 14.5. The lowest BCUT2D eigenvalue weighted by atomic mass is 9.78. The molecule has 4 N–H and O–H groups in total. The highest BCUT2D eigenvalue weighted by atomic mass is 16.1. The second kappa shape index (κ2) is 14.1. The van der Waals surface area contributed by atoms with Crippen LogP contribution in [-0.2, 0) is 48.4 Å². The number of rotatable bonds is 12. The summed E-state index contributed by atoms with van der Waals surface area (Å²) in [6.07, 6.45) is 4.96. The van der Waals surface area contributed by atoms with Gasteiger partial charge in [0.2, 0.25) is 0 Å². The van der Waals surface area contributed by atoms with Gasteiger partial charge >= 0.3 is 0 Å². The number of hydrogen-bond acceptors (Lipinski definition) is 10. The molecular weight excluding hydrogens is 528 g/mol. The fraction of sp³-hybridized carbons (Fsp3) is 0.375. The van der Waals surface area contributed by atoms with Crippen molar-refractivity contribution >= 4 is 11.6 Å². The molecule has 0 spiro atoms. The monoisotopic (exact) mass is 564 g/mol. The number of pyridine rings is 2. The summed E-state index contributed by atoms with van der Waals surface area (Å²) in [4.78, 5) is 34.0. The van der Waals surface area contributed by atoms with Gasteiger partial charge in [0, 0.05) is 49.2 Å². The van der Waals surface area contributed by atoms with Crippen molar-refractivity contribution in [3.8, 4) is 0 Å². The van der Waals surface area contributed by atoms with Crippen molar-refractivity contribution in [1.29, 1.82) is 0 Å². The number of carbonyl (C=O) groups is 2. The molecule has 1 aliphatic rings. The molecular formula is C32H36N8O2. The molecule has 5 rings (SSSR count). The lowest BCUT2D eigenvalue weighted by Gasteiger charge is -2.28. The third-order valence-electron chi connectivity index (χ3n) is 7.65. The second-order valence-corrected chi connectivity index (χ2v) is 10.9. The zero-order chi connectivity index (χ0) is 29.3. The van der Waals surface area contributed by atoms with Gasteiger partial charge in [-0.3, -0.25) is 19.6 Å². The molecule has 42 heavy (non-hydrogen) atoms. The fourth-order valence-corrected chi connectivity index (χ4v) is 5.51. The van der Waals surface area contributed by atoms with Crippen molar-refractivity contribution < 1.29 is 9.59 Å². The first-order chi connectivity index (χ1) is 20.5. The van der Waals surface area contributed by atoms with E-state index >= 15 is 0 Å². The zero-order valence-corrected chi connectivity index (χ0v) is 23.7. The summed E-state index contributed by atoms with van der Waals surface area (Å²) >= 11 is 0. The Balaban J connectivity index is 1.13. The fourth-order valence-electron chi connectivity index (χ4n) is 5.51. The molecule has 10 heteroatoms. The number of carbonyl (C=O) groups excluding carboxylic acids is 2. The molecule has 216 valence electrons. The van der Waals surface area contributed by atoms with Gasteiger partial charge in [-0.25, -0.2) is 0 Å². The molecule has 0 aliphatic heterocycles. The molecule has 0 aromatic carbocycles. The van der Waals surface area contributed by atoms with Crippen LogP contribution >= 0.6 is 0 Å². The van der Waals surface area contributed by atoms with Gasteiger partial charge in [-0.2, -0.15) is 20.4 Å². The minimum atomic E-state index is 0.0395. The SMILES string of the molecule is NCc1cccc(CC(=O)Cc2ccc([C@H]3CCC[C@H](c4ccc(CC(=O)Cc5cccc(CN)n5)nn4)C3)nn2)n1. The molecule has 1 fully saturated rings. The zero-order valence-electron chi connectivity index (χ0n) is 23.7. The van der Waals surface area contributed by atoms with Crippen LogP contribution in [0.25, 0.3) is 0 Å². The van der Waals surface area contributed by atoms with Crippen molar-refractivity contribution in [1.82, 2.24) is 30.4 Å². The molecule has 1 saturated carbocycles. The molecule has 0 unspecified atom stereocenters. The van der Waals surface area contributed by atoms with Crippen LogP contribution in [0.4, 0.5) is 0 Å². The van der Waals surface area contributed by atoms with E-state index in [0.717, 1.165) is 59.8 Å². The maximum absolute atomic E-state index is 12.6. The van der Waals surface area contributed by atoms with Gasteiger partial charge < -0.3 is 11.5 Å². The van der Waals surface area contributed by atoms with Crippen LogP contribution in [0, 0.1) is 0 Å². The van der Waals surface area contributed by atoms with Gasteiger partial charge in [-0.1, -0.05) is 18.6 Å². The van der Waals surface area contributed by atoms with Crippen LogP contribution < -0.4 is 11.5 Å². The number of hydrogen-bond donors (Lipinski definition) is 2. The van der Waals surface area contributed by atoms with Crippen molar-refractivity contribution in [2.75, 3.05) is 0 Å². The van der Waals surface area contributed by atoms with Gasteiger partial charge in [-0.05, 0) is 67.8 Å². The second-order valence-electron chi connectivity index (χ2n) is 10.9. The quantitative estimate of drug-likeness (QED) is 0.261. The van der Waals surface area contributed by atoms with E-state index in [2.05, 4.69) is 30.4 Å². The van der Waals surface area contributed by atoms with E-state index in [0.29, 0.717) is 24.5 Å². The Hall–Kier alpha value is -4.28. The number of ketones is 2. The smallest absolute Gasteiger partial charge is 0.144 e. The van der Waals surface area contributed by atoms with E-state index in [1.54, 1.807) is 0 Å². The largest absolute Gasteiger partial charge is 0.325 e. The van der Waals surface area contributed by atoms with Crippen LogP contribution in [0.1, 0.15) is 83.1 Å². The van der Waals surface area contributed by atoms with Gasteiger partial charge in [0.1, 0.15) is 11.6 Å². The summed E-state index contributed by atoms with van der Waals surface area (Å²) in [6.45, 7) is 0.694. The molecule has 4 heterocycles. The predicted molar refractivity (Wildman–Crippen MR) is 157 cm³/mol. The number of aromatic nitrogens is 6. The summed E-state index contributed by atoms with van der Waals surface area (Å²) in [5, 5.41) is 17.7. The number of Topliss-reactive ketones (excluding diaryl/α,β-unsaturated/α-hetero) is 2. The van der Waals surface area contributed by atoms with Crippen LogP contribution in [0.5, 0.6) is 0 Å². The Kier molecular flexibility index (Phi) is 9.78. The molecule has 0 radical (unpaired) electrons. The highest BCUT2D eigenvalue weighted by molar-refractivity contribution is 5.82. The van der Waals surface area contributed by atoms with Crippen LogP contribution in [0.3, 0.4) is 0 Å². The Morgan fingerprint density at radius 2 is 1.00 bits per heavy atom. The summed E-state index contributed by atoms with van der Waals surface area (Å²) in [6, 6.07) is 18.9. The Labute approximate surface area is 245 Å². The molecule has 10 nitrogen and oxygen atoms in total. The summed E-state index contributed by atoms with van der Waals surface area (Å²) in [5.74, 6) is 0.614. The molecule has 1 aliphatic carbocycles. The third kappa shape index (κ3) is 7.92. The van der Waals surface area contributed by atoms with Crippen LogP contribution in [0.15, 0.2) is 60.7 Å². The topological polar surface area (TPSA) is 164 Å². The lowest BCUT2D eigenvalue weighted by molar-refractivity contribution is -0.118. The van der Waals surface area contributed by atoms with Gasteiger partial charge in [-0.15, -0.1) is 0 Å². The van der Waals surface area contributed by atoms with Crippen LogP contribution in [-0.4, -0.2) is 41.9 Å². The highest BCUT2D eigenvalue weighted by Gasteiger charge is 2.27. The van der Waals surface area contributed by atoms with Crippen LogP contribution in [0.2, 0.25) is 0 Å². The first kappa shape index (κ1) is 29.2. The van der Waals surface area contributed by atoms with E-state index in [4.69, 9.17) is 11.5 Å². The van der Waals surface area contributed by atoms with Crippen molar-refractivity contribution in [3.63, 3.8) is 0 Å². The van der Waals surface area contributed by atoms with Crippen molar-refractivity contribution in [2.45, 2.75) is 76.3 Å². The standard InChI is InChI=1S/C32H36N8O2/c33-19-27-8-2-6-23(35-27)15-29(41)17-25-10-12-31(39-37-25)21-4-1-5-22(14-21)32-13-11-26(38-40-32)18-30(42)16-24-7-3-9-28(20-34)36-24/h2-3,6-13,21-22H,1,4-5,14-20,33-34H2/t21-,22-/m0/s1. The maximum Gasteiger partial charge on any atom is 0.144 e. The summed E-state index contributed by atoms with van der Waals surface area (Å²) < 4.78 is 0. The highest BCUT2D eigenvalue weighted by Crippen LogP contribution is 2.39. The van der Waals surface area contributed by atoms with Crippen molar-refractivity contribution in [2.24, 2.45) is 11.5 Å². The summed E-state index contributed by atoms with van der Waals surface area (Å²) in [7, 11) is 0. The molecule has 4 aromatic rings. The number of nitrogens with zero attached hydrogens (tertiary/aromatic N) is 6. The van der Waals surface area contributed by atoms with E-state index in [1.165, 1.54) is 0 Å². The number of nitrogens with two attached hydrogens (primary N) is 2. The van der Waals surface area contributed by atoms with E-state index in [9.17, 15) is 9.59 Å². The van der Waals surface area contributed by atoms with Crippen molar-refractivity contribution in [3.05, 3.63) is 106 Å². The van der Waals surface area contributed by atoms with Gasteiger partial charge in [0.05, 0.1) is 47.0 Å². The maximum atomic E-state index is 12.6. The average molecular weight is 565 g/mol. The Bertz CT molecular complexity index is 1390. The predicted octanol–water partition coefficient (Wildman–Crippen LogP) is 3.12. The van der Waals surface area contributed by atoms with E-state index < -0.39 is 0 Å². The molecule has 0 bridgehead atoms. The van der Waals surface area contributed by atoms with E-state index in [-0.39, 0.29) is 49.1 Å². The minimum Gasteiger partial charge on any atom is -0.325 e. The van der Waals surface area contributed by atoms with E-state index in [1.807, 2.05) is 60.7 Å². The average Bonchev–Trinajstić information content (AvgIpc) is 3.02. The Morgan fingerprint density at radius 3 is 1.40 bits per heavy atom. The summed E-state index contributed by atoms with van der Waals surface area (Å²) in [5.41, 5.74) is 17.5. The molecule has 0 amide bonds. The molecule has 0 saturated heterocycles. The normalized spacial score (nSPS) is 16.7. The minimum absolute atomic E-state index is 0.0395. The van der Waals surface area contributed by atoms with Gasteiger partial charge in [0.15, 0.2) is 0 Å². The third-order valence-corrected chi connectivity index (χ3v) is 7.65. The lowest BCUT2D eigenvalue weighted by Crippen LogP contribution is -2.17. The Morgan fingerprint density at radius 1 is 0.571 bits per heavy atom. The van der Waals surface area contributed by atoms with Gasteiger partial charge in [0.25, 0.3) is 0 Å².